The average Bonchev–Trinajstić information content (AvgIpc) is 3.34. The van der Waals surface area contributed by atoms with Crippen molar-refractivity contribution in [1.29, 1.82) is 0 Å². The minimum Gasteiger partial charge on any atom is -0.484 e. The van der Waals surface area contributed by atoms with Gasteiger partial charge in [0.1, 0.15) is 22.9 Å². The zero-order chi connectivity index (χ0) is 19.5. The Morgan fingerprint density at radius 2 is 2.11 bits per heavy atom. The quantitative estimate of drug-likeness (QED) is 0.675. The molecule has 0 spiro atoms. The Bertz CT molecular complexity index is 943. The van der Waals surface area contributed by atoms with Crippen molar-refractivity contribution in [2.24, 2.45) is 0 Å². The van der Waals surface area contributed by atoms with Gasteiger partial charge in [-0.1, -0.05) is 0 Å². The molecular formula is C22H26N2O4. The van der Waals surface area contributed by atoms with E-state index in [9.17, 15) is 4.79 Å². The van der Waals surface area contributed by atoms with Crippen molar-refractivity contribution >= 4 is 16.9 Å². The fraction of sp³-hybridized carbons (Fsp3) is 0.409. The van der Waals surface area contributed by atoms with Crippen molar-refractivity contribution < 1.29 is 18.4 Å². The Labute approximate surface area is 164 Å². The number of fused-ring (bicyclic) bond motifs is 3. The summed E-state index contributed by atoms with van der Waals surface area (Å²) in [4.78, 5) is 14.3. The third kappa shape index (κ3) is 3.92. The van der Waals surface area contributed by atoms with Gasteiger partial charge in [0.05, 0.1) is 12.3 Å². The van der Waals surface area contributed by atoms with Gasteiger partial charge in [-0.05, 0) is 63.7 Å². The normalized spacial score (nSPS) is 14.8. The highest BCUT2D eigenvalue weighted by Gasteiger charge is 2.19. The van der Waals surface area contributed by atoms with E-state index >= 15 is 0 Å². The number of hydrogen-bond acceptors (Lipinski definition) is 5. The summed E-state index contributed by atoms with van der Waals surface area (Å²) in [7, 11) is 3.91. The largest absolute Gasteiger partial charge is 0.484 e. The van der Waals surface area contributed by atoms with Crippen LogP contribution in [0, 0.1) is 0 Å². The van der Waals surface area contributed by atoms with Gasteiger partial charge in [0.2, 0.25) is 0 Å². The van der Waals surface area contributed by atoms with Gasteiger partial charge in [-0.25, -0.2) is 0 Å². The molecule has 0 saturated heterocycles. The second-order valence-electron chi connectivity index (χ2n) is 7.46. The monoisotopic (exact) mass is 382 g/mol. The number of hydrogen-bond donors (Lipinski definition) is 1. The van der Waals surface area contributed by atoms with Crippen molar-refractivity contribution in [3.63, 3.8) is 0 Å². The molecule has 0 bridgehead atoms. The molecule has 6 heteroatoms. The van der Waals surface area contributed by atoms with Gasteiger partial charge in [-0.15, -0.1) is 0 Å². The van der Waals surface area contributed by atoms with Gasteiger partial charge in [0, 0.05) is 23.9 Å². The zero-order valence-electron chi connectivity index (χ0n) is 16.4. The molecule has 1 aromatic carbocycles. The van der Waals surface area contributed by atoms with Crippen LogP contribution in [0.4, 0.5) is 0 Å². The van der Waals surface area contributed by atoms with E-state index in [4.69, 9.17) is 13.6 Å². The lowest BCUT2D eigenvalue weighted by molar-refractivity contribution is -0.123. The third-order valence-electron chi connectivity index (χ3n) is 5.28. The SMILES string of the molecule is CN(C)[C@H](CNC(=O)COc1ccc2oc3c(c2c1)CCCC3)c1ccco1. The Balaban J connectivity index is 1.35. The number of amides is 1. The number of likely N-dealkylation sites (N-methyl/N-ethyl adjacent to an activating group) is 1. The summed E-state index contributed by atoms with van der Waals surface area (Å²) in [5.74, 6) is 2.45. The number of nitrogens with zero attached hydrogens (tertiary/aromatic N) is 1. The first-order valence-electron chi connectivity index (χ1n) is 9.75. The molecule has 4 rings (SSSR count). The molecule has 0 saturated carbocycles. The van der Waals surface area contributed by atoms with Crippen LogP contribution in [-0.2, 0) is 17.6 Å². The van der Waals surface area contributed by atoms with Crippen LogP contribution in [-0.4, -0.2) is 38.1 Å². The Kier molecular flexibility index (Phi) is 5.39. The van der Waals surface area contributed by atoms with Crippen molar-refractivity contribution in [3.05, 3.63) is 53.7 Å². The highest BCUT2D eigenvalue weighted by Crippen LogP contribution is 2.33. The van der Waals surface area contributed by atoms with E-state index in [-0.39, 0.29) is 18.6 Å². The topological polar surface area (TPSA) is 67.9 Å². The molecule has 0 radical (unpaired) electrons. The fourth-order valence-electron chi connectivity index (χ4n) is 3.76. The molecule has 28 heavy (non-hydrogen) atoms. The summed E-state index contributed by atoms with van der Waals surface area (Å²) < 4.78 is 17.1. The first kappa shape index (κ1) is 18.6. The summed E-state index contributed by atoms with van der Waals surface area (Å²) in [6, 6.07) is 9.51. The van der Waals surface area contributed by atoms with Crippen LogP contribution in [0.25, 0.3) is 11.0 Å². The molecule has 1 aliphatic rings. The van der Waals surface area contributed by atoms with Crippen LogP contribution < -0.4 is 10.1 Å². The van der Waals surface area contributed by atoms with E-state index in [1.807, 2.05) is 49.3 Å². The molecule has 2 heterocycles. The number of rotatable bonds is 7. The third-order valence-corrected chi connectivity index (χ3v) is 5.28. The van der Waals surface area contributed by atoms with E-state index in [2.05, 4.69) is 5.32 Å². The maximum Gasteiger partial charge on any atom is 0.258 e. The number of ether oxygens (including phenoxy) is 1. The molecule has 0 aliphatic heterocycles. The molecule has 6 nitrogen and oxygen atoms in total. The van der Waals surface area contributed by atoms with Crippen LogP contribution >= 0.6 is 0 Å². The number of carbonyl (C=O) groups excluding carboxylic acids is 1. The summed E-state index contributed by atoms with van der Waals surface area (Å²) in [6.45, 7) is 0.431. The van der Waals surface area contributed by atoms with E-state index in [1.54, 1.807) is 6.26 Å². The predicted molar refractivity (Wildman–Crippen MR) is 106 cm³/mol. The standard InChI is InChI=1S/C22H26N2O4/c1-24(2)18(21-8-5-11-26-21)13-23-22(25)14-27-15-9-10-20-17(12-15)16-6-3-4-7-19(16)28-20/h5,8-12,18H,3-4,6-7,13-14H2,1-2H3,(H,23,25)/t18-/m1/s1. The molecule has 1 N–H and O–H groups in total. The first-order chi connectivity index (χ1) is 13.6. The van der Waals surface area contributed by atoms with E-state index in [0.717, 1.165) is 35.3 Å². The van der Waals surface area contributed by atoms with Gasteiger partial charge in [0.25, 0.3) is 5.91 Å². The lowest BCUT2D eigenvalue weighted by atomic mass is 9.96. The molecule has 2 aromatic heterocycles. The van der Waals surface area contributed by atoms with Crippen LogP contribution in [0.5, 0.6) is 5.75 Å². The minimum atomic E-state index is -0.160. The highest BCUT2D eigenvalue weighted by molar-refractivity contribution is 5.84. The smallest absolute Gasteiger partial charge is 0.258 e. The van der Waals surface area contributed by atoms with Crippen LogP contribution in [0.3, 0.4) is 0 Å². The molecule has 3 aromatic rings. The van der Waals surface area contributed by atoms with Gasteiger partial charge < -0.3 is 18.9 Å². The minimum absolute atomic E-state index is 0.0206. The van der Waals surface area contributed by atoms with Gasteiger partial charge in [0.15, 0.2) is 6.61 Å². The highest BCUT2D eigenvalue weighted by atomic mass is 16.5. The molecular weight excluding hydrogens is 356 g/mol. The van der Waals surface area contributed by atoms with Crippen molar-refractivity contribution in [2.75, 3.05) is 27.2 Å². The van der Waals surface area contributed by atoms with E-state index in [0.29, 0.717) is 12.3 Å². The number of furan rings is 2. The maximum atomic E-state index is 12.3. The molecule has 0 fully saturated rings. The molecule has 148 valence electrons. The van der Waals surface area contributed by atoms with E-state index < -0.39 is 0 Å². The number of nitrogens with one attached hydrogen (secondary N) is 1. The lowest BCUT2D eigenvalue weighted by Gasteiger charge is -2.22. The van der Waals surface area contributed by atoms with Crippen LogP contribution in [0.2, 0.25) is 0 Å². The summed E-state index contributed by atoms with van der Waals surface area (Å²) in [5.41, 5.74) is 2.19. The van der Waals surface area contributed by atoms with Gasteiger partial charge >= 0.3 is 0 Å². The van der Waals surface area contributed by atoms with Crippen molar-refractivity contribution in [1.82, 2.24) is 10.2 Å². The second-order valence-corrected chi connectivity index (χ2v) is 7.46. The molecule has 1 amide bonds. The maximum absolute atomic E-state index is 12.3. The fourth-order valence-corrected chi connectivity index (χ4v) is 3.76. The zero-order valence-corrected chi connectivity index (χ0v) is 16.4. The number of benzene rings is 1. The lowest BCUT2D eigenvalue weighted by Crippen LogP contribution is -2.36. The van der Waals surface area contributed by atoms with E-state index in [1.165, 1.54) is 18.4 Å². The van der Waals surface area contributed by atoms with Crippen LogP contribution in [0.1, 0.15) is 36.0 Å². The van der Waals surface area contributed by atoms with Gasteiger partial charge in [-0.2, -0.15) is 0 Å². The summed E-state index contributed by atoms with van der Waals surface area (Å²) in [5, 5.41) is 4.03. The summed E-state index contributed by atoms with van der Waals surface area (Å²) >= 11 is 0. The number of aryl methyl sites for hydroxylation is 2. The Hall–Kier alpha value is -2.73. The molecule has 1 atom stereocenters. The Morgan fingerprint density at radius 3 is 2.89 bits per heavy atom. The number of carbonyl (C=O) groups is 1. The van der Waals surface area contributed by atoms with Crippen molar-refractivity contribution in [3.8, 4) is 5.75 Å². The predicted octanol–water partition coefficient (Wildman–Crippen LogP) is 3.70. The van der Waals surface area contributed by atoms with Crippen molar-refractivity contribution in [2.45, 2.75) is 31.7 Å². The Morgan fingerprint density at radius 1 is 1.25 bits per heavy atom. The molecule has 0 unspecified atom stereocenters. The molecule has 1 aliphatic carbocycles. The van der Waals surface area contributed by atoms with Gasteiger partial charge in [-0.3, -0.25) is 9.69 Å². The first-order valence-corrected chi connectivity index (χ1v) is 9.75. The average molecular weight is 382 g/mol. The van der Waals surface area contributed by atoms with Crippen LogP contribution in [0.15, 0.2) is 45.4 Å². The summed E-state index contributed by atoms with van der Waals surface area (Å²) in [6.07, 6.45) is 6.07. The second kappa shape index (κ2) is 8.10.